The summed E-state index contributed by atoms with van der Waals surface area (Å²) in [5, 5.41) is 25.3. The summed E-state index contributed by atoms with van der Waals surface area (Å²) in [6.07, 6.45) is 0.953. The molecule has 2 atom stereocenters. The minimum absolute atomic E-state index is 0.0913. The molecule has 0 aromatic heterocycles. The number of hydrogen-bond acceptors (Lipinski definition) is 8. The van der Waals surface area contributed by atoms with Crippen LogP contribution in [0.1, 0.15) is 43.0 Å². The maximum atomic E-state index is 13.9. The molecule has 0 aliphatic rings. The molecule has 0 spiro atoms. The maximum absolute atomic E-state index is 13.9. The summed E-state index contributed by atoms with van der Waals surface area (Å²) in [5.41, 5.74) is 4.73. The number of carboxylic acids is 2. The van der Waals surface area contributed by atoms with Crippen molar-refractivity contribution in [3.05, 3.63) is 130 Å². The third kappa shape index (κ3) is 12.6. The molecule has 0 bridgehead atoms. The van der Waals surface area contributed by atoms with Crippen LogP contribution in [0.4, 0.5) is 11.4 Å². The lowest BCUT2D eigenvalue weighted by Gasteiger charge is -2.21. The normalized spacial score (nSPS) is 12.3. The minimum Gasteiger partial charge on any atom is -0.478 e. The quantitative estimate of drug-likeness (QED) is 0.0594. The van der Waals surface area contributed by atoms with Gasteiger partial charge in [0.05, 0.1) is 23.0 Å². The van der Waals surface area contributed by atoms with Gasteiger partial charge in [-0.15, -0.1) is 0 Å². The number of amides is 2. The van der Waals surface area contributed by atoms with E-state index in [4.69, 9.17) is 0 Å². The fourth-order valence-electron chi connectivity index (χ4n) is 5.59. The molecule has 4 N–H and O–H groups in total. The highest BCUT2D eigenvalue weighted by molar-refractivity contribution is 8.76. The van der Waals surface area contributed by atoms with Gasteiger partial charge in [-0.2, -0.15) is 0 Å². The van der Waals surface area contributed by atoms with Gasteiger partial charge >= 0.3 is 11.9 Å². The largest absolute Gasteiger partial charge is 0.478 e. The average molecular weight is 743 g/mol. The van der Waals surface area contributed by atoms with E-state index in [1.54, 1.807) is 24.3 Å². The van der Waals surface area contributed by atoms with Gasteiger partial charge in [-0.25, -0.2) is 9.59 Å². The second-order valence-electron chi connectivity index (χ2n) is 13.2. The Bertz CT molecular complexity index is 1690. The van der Waals surface area contributed by atoms with Gasteiger partial charge in [-0.1, -0.05) is 94.4 Å². The first-order valence-corrected chi connectivity index (χ1v) is 19.3. The molecule has 274 valence electrons. The Morgan fingerprint density at radius 3 is 1.27 bits per heavy atom. The topological polar surface area (TPSA) is 139 Å². The van der Waals surface area contributed by atoms with E-state index in [-0.39, 0.29) is 22.9 Å². The van der Waals surface area contributed by atoms with Crippen molar-refractivity contribution in [3.8, 4) is 0 Å². The van der Waals surface area contributed by atoms with Crippen molar-refractivity contribution in [3.63, 3.8) is 0 Å². The van der Waals surface area contributed by atoms with E-state index >= 15 is 0 Å². The zero-order chi connectivity index (χ0) is 37.6. The predicted octanol–water partition coefficient (Wildman–Crippen LogP) is 6.88. The number of hydrogen-bond donors (Lipinski definition) is 4. The molecule has 0 saturated heterocycles. The van der Waals surface area contributed by atoms with Crippen LogP contribution in [0.3, 0.4) is 0 Å². The fourth-order valence-corrected chi connectivity index (χ4v) is 8.21. The van der Waals surface area contributed by atoms with E-state index in [9.17, 15) is 29.4 Å². The molecular weight excluding hydrogens is 697 g/mol. The van der Waals surface area contributed by atoms with Crippen LogP contribution in [-0.4, -0.2) is 83.5 Å². The van der Waals surface area contributed by atoms with Gasteiger partial charge in [-0.05, 0) is 87.6 Å². The second-order valence-corrected chi connectivity index (χ2v) is 15.7. The standard InChI is InChI=1S/C40H46N4O6S2/c1-43(2)23-31-17-15-29(39(47)48)21-35(31)41-37(45)33(19-27-11-7-5-8-12-27)25-51-52-26-34(20-28-13-9-6-10-14-28)38(46)42-36-22-30(40(49)50)16-18-32(36)24-44(3)4/h5-18,21-22,33-34H,19-20,23-26H2,1-4H3,(H,41,45)(H,42,46)(H,47,48)(H,49,50). The summed E-state index contributed by atoms with van der Waals surface area (Å²) in [4.78, 5) is 55.2. The molecule has 10 nitrogen and oxygen atoms in total. The van der Waals surface area contributed by atoms with E-state index in [2.05, 4.69) is 10.6 Å². The van der Waals surface area contributed by atoms with E-state index in [1.807, 2.05) is 98.7 Å². The average Bonchev–Trinajstić information content (AvgIpc) is 3.10. The van der Waals surface area contributed by atoms with Crippen molar-refractivity contribution in [1.82, 2.24) is 9.80 Å². The van der Waals surface area contributed by atoms with Crippen LogP contribution in [0, 0.1) is 11.8 Å². The van der Waals surface area contributed by atoms with Gasteiger partial charge in [0.15, 0.2) is 0 Å². The molecule has 2 amide bonds. The molecular formula is C40H46N4O6S2. The second kappa shape index (κ2) is 19.8. The van der Waals surface area contributed by atoms with E-state index < -0.39 is 23.8 Å². The van der Waals surface area contributed by atoms with Gasteiger partial charge in [0, 0.05) is 36.0 Å². The van der Waals surface area contributed by atoms with Crippen molar-refractivity contribution in [1.29, 1.82) is 0 Å². The summed E-state index contributed by atoms with van der Waals surface area (Å²) >= 11 is 0. The molecule has 2 unspecified atom stereocenters. The number of nitrogens with one attached hydrogen (secondary N) is 2. The Hall–Kier alpha value is -4.62. The molecule has 0 aliphatic heterocycles. The van der Waals surface area contributed by atoms with Gasteiger partial charge in [-0.3, -0.25) is 9.59 Å². The first kappa shape index (κ1) is 40.2. The molecule has 4 aromatic carbocycles. The van der Waals surface area contributed by atoms with Crippen LogP contribution in [0.15, 0.2) is 97.1 Å². The number of anilines is 2. The number of carbonyl (C=O) groups excluding carboxylic acids is 2. The number of nitrogens with zero attached hydrogens (tertiary/aromatic N) is 2. The number of rotatable bonds is 19. The van der Waals surface area contributed by atoms with Gasteiger partial charge in [0.1, 0.15) is 0 Å². The smallest absolute Gasteiger partial charge is 0.335 e. The number of carboxylic acid groups (broad SMARTS) is 2. The molecule has 0 saturated carbocycles. The lowest BCUT2D eigenvalue weighted by Crippen LogP contribution is -2.28. The summed E-state index contributed by atoms with van der Waals surface area (Å²) in [5.74, 6) is -2.59. The number of aromatic carboxylic acids is 2. The van der Waals surface area contributed by atoms with Crippen molar-refractivity contribution < 1.29 is 29.4 Å². The highest BCUT2D eigenvalue weighted by Gasteiger charge is 2.24. The Kier molecular flexibility index (Phi) is 15.3. The Balaban J connectivity index is 1.51. The molecule has 52 heavy (non-hydrogen) atoms. The maximum Gasteiger partial charge on any atom is 0.335 e. The molecule has 12 heteroatoms. The zero-order valence-corrected chi connectivity index (χ0v) is 31.5. The van der Waals surface area contributed by atoms with Crippen LogP contribution in [-0.2, 0) is 35.5 Å². The first-order valence-electron chi connectivity index (χ1n) is 16.9. The van der Waals surface area contributed by atoms with Gasteiger partial charge in [0.25, 0.3) is 0 Å². The monoisotopic (exact) mass is 742 g/mol. The van der Waals surface area contributed by atoms with Crippen molar-refractivity contribution >= 4 is 56.7 Å². The van der Waals surface area contributed by atoms with Crippen LogP contribution >= 0.6 is 21.6 Å². The van der Waals surface area contributed by atoms with Crippen molar-refractivity contribution in [2.45, 2.75) is 25.9 Å². The highest BCUT2D eigenvalue weighted by Crippen LogP contribution is 2.31. The van der Waals surface area contributed by atoms with E-state index in [0.29, 0.717) is 48.8 Å². The SMILES string of the molecule is CN(C)Cc1ccc(C(=O)O)cc1NC(=O)C(CSSCC(Cc1ccccc1)C(=O)Nc1cc(C(=O)O)ccc1CN(C)C)Cc1ccccc1. The van der Waals surface area contributed by atoms with Crippen molar-refractivity contribution in [2.75, 3.05) is 50.3 Å². The van der Waals surface area contributed by atoms with Crippen LogP contribution in [0.25, 0.3) is 0 Å². The summed E-state index contributed by atoms with van der Waals surface area (Å²) in [6.45, 7) is 1.04. The molecule has 0 fully saturated rings. The summed E-state index contributed by atoms with van der Waals surface area (Å²) in [6, 6.07) is 29.0. The Labute approximate surface area is 313 Å². The fraction of sp³-hybridized carbons (Fsp3) is 0.300. The minimum atomic E-state index is -1.07. The molecule has 0 radical (unpaired) electrons. The first-order chi connectivity index (χ1) is 24.9. The molecule has 4 rings (SSSR count). The summed E-state index contributed by atoms with van der Waals surface area (Å²) in [7, 11) is 10.7. The van der Waals surface area contributed by atoms with Crippen LogP contribution < -0.4 is 10.6 Å². The molecule has 0 heterocycles. The lowest BCUT2D eigenvalue weighted by atomic mass is 9.99. The van der Waals surface area contributed by atoms with Gasteiger partial charge < -0.3 is 30.6 Å². The zero-order valence-electron chi connectivity index (χ0n) is 29.9. The Morgan fingerprint density at radius 2 is 0.942 bits per heavy atom. The highest BCUT2D eigenvalue weighted by atomic mass is 33.1. The predicted molar refractivity (Wildman–Crippen MR) is 211 cm³/mol. The van der Waals surface area contributed by atoms with Crippen LogP contribution in [0.2, 0.25) is 0 Å². The lowest BCUT2D eigenvalue weighted by molar-refractivity contribution is -0.120. The van der Waals surface area contributed by atoms with Crippen LogP contribution in [0.5, 0.6) is 0 Å². The summed E-state index contributed by atoms with van der Waals surface area (Å²) < 4.78 is 0. The Morgan fingerprint density at radius 1 is 0.577 bits per heavy atom. The molecule has 4 aromatic rings. The third-order valence-corrected chi connectivity index (χ3v) is 10.8. The molecule has 0 aliphatic carbocycles. The number of benzene rings is 4. The third-order valence-electron chi connectivity index (χ3n) is 8.22. The van der Waals surface area contributed by atoms with Gasteiger partial charge in [0.2, 0.25) is 11.8 Å². The number of carbonyl (C=O) groups is 4. The van der Waals surface area contributed by atoms with E-state index in [0.717, 1.165) is 22.3 Å². The van der Waals surface area contributed by atoms with Crippen molar-refractivity contribution in [2.24, 2.45) is 11.8 Å². The van der Waals surface area contributed by atoms with E-state index in [1.165, 1.54) is 33.7 Å².